The molecular weight excluding hydrogens is 769 g/mol. The van der Waals surface area contributed by atoms with Crippen LogP contribution in [-0.4, -0.2) is 85.5 Å². The van der Waals surface area contributed by atoms with Crippen LogP contribution in [0.2, 0.25) is 0 Å². The van der Waals surface area contributed by atoms with Crippen molar-refractivity contribution in [2.45, 2.75) is 124 Å². The highest BCUT2D eigenvalue weighted by atomic mass is 16.5. The molecule has 0 aliphatic heterocycles. The molecular formula is C45H60N6O9. The molecule has 1 aliphatic carbocycles. The van der Waals surface area contributed by atoms with Crippen LogP contribution in [-0.2, 0) is 36.9 Å². The number of anilines is 1. The van der Waals surface area contributed by atoms with Gasteiger partial charge in [-0.25, -0.2) is 9.78 Å². The number of aliphatic carboxylic acids is 2. The van der Waals surface area contributed by atoms with Crippen molar-refractivity contribution in [1.82, 2.24) is 20.2 Å². The number of ether oxygens (including phenoxy) is 1. The summed E-state index contributed by atoms with van der Waals surface area (Å²) in [6.07, 6.45) is 6.14. The third-order valence-corrected chi connectivity index (χ3v) is 11.4. The molecule has 0 bridgehead atoms. The lowest BCUT2D eigenvalue weighted by molar-refractivity contribution is -0.193. The Morgan fingerprint density at radius 2 is 1.67 bits per heavy atom. The van der Waals surface area contributed by atoms with Crippen LogP contribution in [0.3, 0.4) is 0 Å². The maximum atomic E-state index is 14.5. The summed E-state index contributed by atoms with van der Waals surface area (Å²) in [5.74, 6) is -2.62. The van der Waals surface area contributed by atoms with Crippen LogP contribution < -0.4 is 21.5 Å². The Morgan fingerprint density at radius 1 is 1.03 bits per heavy atom. The zero-order chi connectivity index (χ0) is 45.1. The Labute approximate surface area is 351 Å². The van der Waals surface area contributed by atoms with E-state index in [0.717, 1.165) is 29.7 Å². The Bertz CT molecular complexity index is 2220. The quantitative estimate of drug-likeness (QED) is 0.118. The highest BCUT2D eigenvalue weighted by Gasteiger charge is 2.64. The second kappa shape index (κ2) is 17.8. The van der Waals surface area contributed by atoms with Gasteiger partial charge in [0.2, 0.25) is 11.8 Å². The molecule has 4 atom stereocenters. The van der Waals surface area contributed by atoms with Gasteiger partial charge in [0.25, 0.3) is 11.5 Å². The van der Waals surface area contributed by atoms with Gasteiger partial charge in [0.15, 0.2) is 0 Å². The number of H-pyrrole nitrogens is 1. The molecule has 15 heteroatoms. The molecule has 0 radical (unpaired) electrons. The van der Waals surface area contributed by atoms with Crippen molar-refractivity contribution in [2.24, 2.45) is 22.5 Å². The third-order valence-electron chi connectivity index (χ3n) is 11.4. The summed E-state index contributed by atoms with van der Waals surface area (Å²) in [4.78, 5) is 90.3. The van der Waals surface area contributed by atoms with Gasteiger partial charge in [-0.15, -0.1) is 6.42 Å². The fourth-order valence-corrected chi connectivity index (χ4v) is 8.92. The van der Waals surface area contributed by atoms with Crippen molar-refractivity contribution < 1.29 is 38.9 Å². The van der Waals surface area contributed by atoms with Crippen molar-refractivity contribution in [3.05, 3.63) is 69.3 Å². The summed E-state index contributed by atoms with van der Waals surface area (Å²) in [5, 5.41) is 24.2. The number of amides is 3. The van der Waals surface area contributed by atoms with Crippen LogP contribution in [0.25, 0.3) is 10.9 Å². The summed E-state index contributed by atoms with van der Waals surface area (Å²) >= 11 is 0. The standard InChI is InChI=1S/C45H60N6O9/c1-12-21-50(33-19-15-27-22-32-30(23-29(27)33)40(57)49-35(47-32)25-60-11)28-16-13-26(14-17-28)39(56)48-31(38(46)55)18-20-36(52)51(44(8,9)10)45(41(58)59,43(5,6)7)34(24-37(53)54)42(2,3)4/h1,13-14,16-17,22-23,31,33-34H,15,18-21,24-25H2,2-11H3,(H2,46,55)(H,48,56)(H,53,54)(H,58,59)(H,47,49,57)/t31-,33?,34?,45+/m0/s1. The van der Waals surface area contributed by atoms with Gasteiger partial charge in [0.1, 0.15) is 24.0 Å². The van der Waals surface area contributed by atoms with E-state index in [9.17, 15) is 39.0 Å². The lowest BCUT2D eigenvalue weighted by Gasteiger charge is -2.60. The van der Waals surface area contributed by atoms with Crippen LogP contribution in [0.4, 0.5) is 5.69 Å². The predicted octanol–water partition coefficient (Wildman–Crippen LogP) is 5.19. The molecule has 6 N–H and O–H groups in total. The molecule has 2 unspecified atom stereocenters. The molecule has 0 saturated carbocycles. The van der Waals surface area contributed by atoms with E-state index in [1.807, 2.05) is 17.0 Å². The highest BCUT2D eigenvalue weighted by molar-refractivity contribution is 5.98. The minimum atomic E-state index is -2.02. The molecule has 0 spiro atoms. The third kappa shape index (κ3) is 9.65. The van der Waals surface area contributed by atoms with Gasteiger partial charge < -0.3 is 40.8 Å². The van der Waals surface area contributed by atoms with E-state index in [1.54, 1.807) is 86.6 Å². The maximum Gasteiger partial charge on any atom is 0.330 e. The number of carboxylic acids is 2. The topological polar surface area (TPSA) is 225 Å². The molecule has 1 aromatic heterocycles. The van der Waals surface area contributed by atoms with Crippen molar-refractivity contribution in [1.29, 1.82) is 0 Å². The van der Waals surface area contributed by atoms with Gasteiger partial charge in [0.05, 0.1) is 29.9 Å². The first kappa shape index (κ1) is 46.9. The number of hydrogen-bond acceptors (Lipinski definition) is 9. The van der Waals surface area contributed by atoms with Crippen LogP contribution in [0.15, 0.2) is 41.2 Å². The first-order chi connectivity index (χ1) is 27.8. The number of nitrogens with one attached hydrogen (secondary N) is 2. The van der Waals surface area contributed by atoms with Crippen LogP contribution in [0, 0.1) is 29.1 Å². The van der Waals surface area contributed by atoms with E-state index < -0.39 is 69.9 Å². The van der Waals surface area contributed by atoms with E-state index in [-0.39, 0.29) is 43.2 Å². The van der Waals surface area contributed by atoms with Gasteiger partial charge in [-0.3, -0.25) is 24.0 Å². The highest BCUT2D eigenvalue weighted by Crippen LogP contribution is 2.52. The number of fused-ring (bicyclic) bond motifs is 2. The number of rotatable bonds is 16. The first-order valence-corrected chi connectivity index (χ1v) is 20.0. The Hall–Kier alpha value is -5.75. The van der Waals surface area contributed by atoms with Gasteiger partial charge >= 0.3 is 11.9 Å². The van der Waals surface area contributed by atoms with Gasteiger partial charge in [-0.05, 0) is 98.4 Å². The number of carboxylic acid groups (broad SMARTS) is 2. The number of aryl methyl sites for hydroxylation is 1. The molecule has 1 heterocycles. The maximum absolute atomic E-state index is 14.5. The first-order valence-electron chi connectivity index (χ1n) is 20.0. The van der Waals surface area contributed by atoms with Crippen molar-refractivity contribution in [3.63, 3.8) is 0 Å². The molecule has 4 rings (SSSR count). The molecule has 60 heavy (non-hydrogen) atoms. The number of nitrogens with two attached hydrogens (primary N) is 1. The van der Waals surface area contributed by atoms with Gasteiger partial charge in [0, 0.05) is 36.2 Å². The molecule has 3 amide bonds. The minimum Gasteiger partial charge on any atom is -0.481 e. The van der Waals surface area contributed by atoms with Crippen LogP contribution in [0.1, 0.15) is 121 Å². The van der Waals surface area contributed by atoms with E-state index in [2.05, 4.69) is 21.2 Å². The average molecular weight is 829 g/mol. The molecule has 3 aromatic rings. The molecule has 0 saturated heterocycles. The molecule has 0 fully saturated rings. The largest absolute Gasteiger partial charge is 0.481 e. The van der Waals surface area contributed by atoms with Crippen LogP contribution >= 0.6 is 0 Å². The number of methoxy groups -OCH3 is 1. The smallest absolute Gasteiger partial charge is 0.330 e. The lowest BCUT2D eigenvalue weighted by Crippen LogP contribution is -2.74. The molecule has 15 nitrogen and oxygen atoms in total. The molecule has 2 aromatic carbocycles. The average Bonchev–Trinajstić information content (AvgIpc) is 3.53. The summed E-state index contributed by atoms with van der Waals surface area (Å²) in [7, 11) is 1.53. The number of aromatic nitrogens is 2. The Balaban J connectivity index is 1.59. The predicted molar refractivity (Wildman–Crippen MR) is 228 cm³/mol. The summed E-state index contributed by atoms with van der Waals surface area (Å²) < 4.78 is 5.14. The number of nitrogens with zero attached hydrogens (tertiary/aromatic N) is 3. The second-order valence-corrected chi connectivity index (χ2v) is 18.7. The number of primary amides is 1. The number of benzene rings is 2. The zero-order valence-electron chi connectivity index (χ0n) is 36.4. The Kier molecular flexibility index (Phi) is 14.0. The van der Waals surface area contributed by atoms with Crippen molar-refractivity contribution in [3.8, 4) is 12.3 Å². The number of terminal acetylenes is 1. The van der Waals surface area contributed by atoms with Gasteiger partial charge in [-0.2, -0.15) is 0 Å². The minimum absolute atomic E-state index is 0.163. The monoisotopic (exact) mass is 828 g/mol. The summed E-state index contributed by atoms with van der Waals surface area (Å²) in [5.41, 5.74) is 3.80. The van der Waals surface area contributed by atoms with Gasteiger partial charge in [-0.1, -0.05) is 47.5 Å². The van der Waals surface area contributed by atoms with Crippen molar-refractivity contribution >= 4 is 46.3 Å². The van der Waals surface area contributed by atoms with Crippen molar-refractivity contribution in [2.75, 3.05) is 18.6 Å². The van der Waals surface area contributed by atoms with Crippen LogP contribution in [0.5, 0.6) is 0 Å². The second-order valence-electron chi connectivity index (χ2n) is 18.7. The number of carbonyl (C=O) groups is 5. The fourth-order valence-electron chi connectivity index (χ4n) is 8.92. The lowest BCUT2D eigenvalue weighted by atomic mass is 9.56. The number of hydrogen-bond donors (Lipinski definition) is 5. The molecule has 324 valence electrons. The SMILES string of the molecule is C#CCN(c1ccc(C(=O)N[C@@H](CCC(=O)N(C(C)(C)C)[C@@](C(=O)O)(C(CC(=O)O)C(C)(C)C)C(C)(C)C)C(N)=O)cc1)C1CCc2cc3nc(COC)[nH]c(=O)c3cc21. The van der Waals surface area contributed by atoms with E-state index in [0.29, 0.717) is 16.7 Å². The van der Waals surface area contributed by atoms with E-state index in [1.165, 1.54) is 12.0 Å². The number of carbonyl (C=O) groups excluding carboxylic acids is 3. The summed E-state index contributed by atoms with van der Waals surface area (Å²) in [6, 6.07) is 8.96. The number of aromatic amines is 1. The molecule has 1 aliphatic rings. The Morgan fingerprint density at radius 3 is 2.17 bits per heavy atom. The van der Waals surface area contributed by atoms with E-state index >= 15 is 0 Å². The zero-order valence-corrected chi connectivity index (χ0v) is 36.4. The summed E-state index contributed by atoms with van der Waals surface area (Å²) in [6.45, 7) is 15.7. The fraction of sp³-hybridized carbons (Fsp3) is 0.533. The van der Waals surface area contributed by atoms with E-state index in [4.69, 9.17) is 16.9 Å². The normalized spacial score (nSPS) is 16.2.